The minimum absolute atomic E-state index is 0.155. The fraction of sp³-hybridized carbons (Fsp3) is 0. The van der Waals surface area contributed by atoms with Crippen LogP contribution in [0.5, 0.6) is 0 Å². The first-order valence-electron chi connectivity index (χ1n) is 5.43. The third kappa shape index (κ3) is 3.30. The molecule has 2 rings (SSSR count). The number of hydrogen-bond acceptors (Lipinski definition) is 3. The average Bonchev–Trinajstić information content (AvgIpc) is 2.37. The van der Waals surface area contributed by atoms with Crippen molar-refractivity contribution >= 4 is 37.3 Å². The Morgan fingerprint density at radius 1 is 1.10 bits per heavy atom. The van der Waals surface area contributed by atoms with Crippen LogP contribution in [0.15, 0.2) is 39.7 Å². The second-order valence-electron chi connectivity index (χ2n) is 4.04. The van der Waals surface area contributed by atoms with E-state index in [4.69, 9.17) is 5.73 Å². The quantitative estimate of drug-likeness (QED) is 0.802. The van der Waals surface area contributed by atoms with E-state index < -0.39 is 32.4 Å². The Balaban J connectivity index is 2.51. The third-order valence-electron chi connectivity index (χ3n) is 2.48. The van der Waals surface area contributed by atoms with Crippen molar-refractivity contribution in [3.05, 3.63) is 52.3 Å². The molecule has 0 aliphatic heterocycles. The summed E-state index contributed by atoms with van der Waals surface area (Å²) in [7, 11) is -4.47. The molecule has 0 aliphatic rings. The molecular formula is C12H8BrF3N2O2S. The summed E-state index contributed by atoms with van der Waals surface area (Å²) in [6.45, 7) is 0. The zero-order valence-corrected chi connectivity index (χ0v) is 12.6. The SMILES string of the molecule is Nc1cc(F)c(F)c(S(=O)(=O)Nc2cc(F)ccc2Br)c1. The molecule has 4 nitrogen and oxygen atoms in total. The molecule has 0 saturated carbocycles. The number of benzene rings is 2. The molecule has 0 unspecified atom stereocenters. The summed E-state index contributed by atoms with van der Waals surface area (Å²) in [5, 5.41) is 0. The monoisotopic (exact) mass is 380 g/mol. The molecule has 9 heteroatoms. The van der Waals surface area contributed by atoms with Crippen molar-refractivity contribution < 1.29 is 21.6 Å². The maximum Gasteiger partial charge on any atom is 0.265 e. The average molecular weight is 381 g/mol. The predicted octanol–water partition coefficient (Wildman–Crippen LogP) is 3.25. The minimum Gasteiger partial charge on any atom is -0.399 e. The highest BCUT2D eigenvalue weighted by atomic mass is 79.9. The largest absolute Gasteiger partial charge is 0.399 e. The van der Waals surface area contributed by atoms with E-state index in [2.05, 4.69) is 15.9 Å². The van der Waals surface area contributed by atoms with Crippen molar-refractivity contribution in [3.63, 3.8) is 0 Å². The molecule has 0 aromatic heterocycles. The zero-order chi connectivity index (χ0) is 15.8. The maximum atomic E-state index is 13.6. The van der Waals surface area contributed by atoms with E-state index in [1.54, 1.807) is 0 Å². The Kier molecular flexibility index (Phi) is 4.15. The highest BCUT2D eigenvalue weighted by Gasteiger charge is 2.23. The summed E-state index contributed by atoms with van der Waals surface area (Å²) < 4.78 is 66.3. The van der Waals surface area contributed by atoms with Gasteiger partial charge in [0.1, 0.15) is 10.7 Å². The van der Waals surface area contributed by atoms with Crippen molar-refractivity contribution in [1.29, 1.82) is 0 Å². The lowest BCUT2D eigenvalue weighted by molar-refractivity contribution is 0.486. The fourth-order valence-corrected chi connectivity index (χ4v) is 3.22. The first kappa shape index (κ1) is 15.6. The van der Waals surface area contributed by atoms with E-state index in [9.17, 15) is 21.6 Å². The van der Waals surface area contributed by atoms with Crippen molar-refractivity contribution in [1.82, 2.24) is 0 Å². The van der Waals surface area contributed by atoms with Gasteiger partial charge in [-0.05, 0) is 46.3 Å². The molecule has 21 heavy (non-hydrogen) atoms. The molecule has 0 atom stereocenters. The number of rotatable bonds is 3. The van der Waals surface area contributed by atoms with Gasteiger partial charge in [-0.2, -0.15) is 0 Å². The van der Waals surface area contributed by atoms with Crippen molar-refractivity contribution in [2.75, 3.05) is 10.5 Å². The van der Waals surface area contributed by atoms with Crippen molar-refractivity contribution in [2.24, 2.45) is 0 Å². The van der Waals surface area contributed by atoms with Crippen LogP contribution in [0.2, 0.25) is 0 Å². The van der Waals surface area contributed by atoms with E-state index in [-0.39, 0.29) is 15.8 Å². The first-order valence-corrected chi connectivity index (χ1v) is 7.71. The number of anilines is 2. The lowest BCUT2D eigenvalue weighted by Gasteiger charge is -2.11. The van der Waals surface area contributed by atoms with E-state index in [1.807, 2.05) is 4.72 Å². The predicted molar refractivity (Wildman–Crippen MR) is 75.7 cm³/mol. The fourth-order valence-electron chi connectivity index (χ4n) is 1.55. The van der Waals surface area contributed by atoms with Gasteiger partial charge in [0.25, 0.3) is 10.0 Å². The molecule has 3 N–H and O–H groups in total. The number of nitrogens with one attached hydrogen (secondary N) is 1. The van der Waals surface area contributed by atoms with Crippen molar-refractivity contribution in [2.45, 2.75) is 4.90 Å². The van der Waals surface area contributed by atoms with E-state index in [0.717, 1.165) is 18.2 Å². The van der Waals surface area contributed by atoms with Crippen LogP contribution in [0.25, 0.3) is 0 Å². The standard InChI is InChI=1S/C12H8BrF3N2O2S/c13-8-2-1-6(14)3-10(8)18-21(19,20)11-5-7(17)4-9(15)12(11)16/h1-5,18H,17H2. The van der Waals surface area contributed by atoms with Crippen LogP contribution in [-0.2, 0) is 10.0 Å². The van der Waals surface area contributed by atoms with Gasteiger partial charge in [-0.25, -0.2) is 21.6 Å². The molecule has 0 heterocycles. The molecule has 2 aromatic carbocycles. The van der Waals surface area contributed by atoms with Crippen LogP contribution < -0.4 is 10.5 Å². The van der Waals surface area contributed by atoms with Gasteiger partial charge in [-0.3, -0.25) is 4.72 Å². The van der Waals surface area contributed by atoms with Gasteiger partial charge in [0.05, 0.1) is 5.69 Å². The molecule has 0 spiro atoms. The van der Waals surface area contributed by atoms with E-state index in [0.29, 0.717) is 6.07 Å². The Bertz CT molecular complexity index is 812. The van der Waals surface area contributed by atoms with E-state index >= 15 is 0 Å². The van der Waals surface area contributed by atoms with Gasteiger partial charge in [0.2, 0.25) is 0 Å². The Hall–Kier alpha value is -1.74. The van der Waals surface area contributed by atoms with Gasteiger partial charge in [0, 0.05) is 10.2 Å². The Labute approximate surface area is 127 Å². The lowest BCUT2D eigenvalue weighted by atomic mass is 10.3. The molecule has 0 saturated heterocycles. The van der Waals surface area contributed by atoms with Crippen LogP contribution in [0.4, 0.5) is 24.5 Å². The van der Waals surface area contributed by atoms with Gasteiger partial charge in [0.15, 0.2) is 11.6 Å². The molecule has 0 bridgehead atoms. The molecule has 0 aliphatic carbocycles. The number of nitrogens with two attached hydrogens (primary N) is 1. The highest BCUT2D eigenvalue weighted by Crippen LogP contribution is 2.28. The van der Waals surface area contributed by atoms with Crippen LogP contribution >= 0.6 is 15.9 Å². The smallest absolute Gasteiger partial charge is 0.265 e. The lowest BCUT2D eigenvalue weighted by Crippen LogP contribution is -2.16. The highest BCUT2D eigenvalue weighted by molar-refractivity contribution is 9.10. The zero-order valence-electron chi connectivity index (χ0n) is 10.2. The summed E-state index contributed by atoms with van der Waals surface area (Å²) >= 11 is 3.02. The van der Waals surface area contributed by atoms with Crippen LogP contribution in [0.1, 0.15) is 0 Å². The first-order chi connectivity index (χ1) is 9.70. The van der Waals surface area contributed by atoms with Crippen LogP contribution in [0, 0.1) is 17.5 Å². The topological polar surface area (TPSA) is 72.2 Å². The van der Waals surface area contributed by atoms with Crippen LogP contribution in [-0.4, -0.2) is 8.42 Å². The number of halogens is 4. The molecule has 0 radical (unpaired) electrons. The molecule has 0 amide bonds. The molecule has 112 valence electrons. The number of hydrogen-bond donors (Lipinski definition) is 2. The second-order valence-corrected chi connectivity index (χ2v) is 6.55. The van der Waals surface area contributed by atoms with E-state index in [1.165, 1.54) is 6.07 Å². The molecule has 0 fully saturated rings. The molecular weight excluding hydrogens is 373 g/mol. The van der Waals surface area contributed by atoms with Crippen molar-refractivity contribution in [3.8, 4) is 0 Å². The normalized spacial score (nSPS) is 11.4. The van der Waals surface area contributed by atoms with Gasteiger partial charge < -0.3 is 5.73 Å². The van der Waals surface area contributed by atoms with Crippen LogP contribution in [0.3, 0.4) is 0 Å². The summed E-state index contributed by atoms with van der Waals surface area (Å²) in [6, 6.07) is 4.69. The summed E-state index contributed by atoms with van der Waals surface area (Å²) in [6.07, 6.45) is 0. The Morgan fingerprint density at radius 2 is 1.76 bits per heavy atom. The maximum absolute atomic E-state index is 13.6. The third-order valence-corrected chi connectivity index (χ3v) is 4.54. The minimum atomic E-state index is -4.47. The summed E-state index contributed by atoms with van der Waals surface area (Å²) in [4.78, 5) is -0.962. The number of sulfonamides is 1. The summed E-state index contributed by atoms with van der Waals surface area (Å²) in [5.74, 6) is -3.66. The second kappa shape index (κ2) is 5.57. The van der Waals surface area contributed by atoms with Gasteiger partial charge in [-0.1, -0.05) is 0 Å². The van der Waals surface area contributed by atoms with Gasteiger partial charge >= 0.3 is 0 Å². The molecule has 2 aromatic rings. The summed E-state index contributed by atoms with van der Waals surface area (Å²) in [5.41, 5.74) is 4.89. The number of nitrogen functional groups attached to an aromatic ring is 1. The van der Waals surface area contributed by atoms with Gasteiger partial charge in [-0.15, -0.1) is 0 Å². The Morgan fingerprint density at radius 3 is 2.43 bits per heavy atom.